The Hall–Kier alpha value is -0.730. The summed E-state index contributed by atoms with van der Waals surface area (Å²) in [7, 11) is 1.71. The number of fused-ring (bicyclic) bond motifs is 2. The molecule has 29 heavy (non-hydrogen) atoms. The van der Waals surface area contributed by atoms with Crippen LogP contribution >= 0.6 is 0 Å². The fourth-order valence-corrected chi connectivity index (χ4v) is 6.67. The fourth-order valence-electron chi connectivity index (χ4n) is 6.67. The summed E-state index contributed by atoms with van der Waals surface area (Å²) < 4.78 is 17.2. The van der Waals surface area contributed by atoms with Crippen LogP contribution in [0.3, 0.4) is 0 Å². The lowest BCUT2D eigenvalue weighted by molar-refractivity contribution is -0.919. The van der Waals surface area contributed by atoms with E-state index in [1.54, 1.807) is 12.0 Å². The van der Waals surface area contributed by atoms with Crippen molar-refractivity contribution < 1.29 is 34.3 Å². The summed E-state index contributed by atoms with van der Waals surface area (Å²) >= 11 is 0. The zero-order chi connectivity index (χ0) is 20.7. The number of hydrogen-bond acceptors (Lipinski definition) is 5. The molecule has 4 N–H and O–H groups in total. The van der Waals surface area contributed by atoms with Crippen LogP contribution in [0.15, 0.2) is 0 Å². The number of quaternary nitrogens is 2. The minimum absolute atomic E-state index is 0.0600. The number of hydrogen-bond donors (Lipinski definition) is 3. The molecular weight excluding hydrogens is 372 g/mol. The minimum Gasteiger partial charge on any atom is -0.462 e. The van der Waals surface area contributed by atoms with E-state index in [1.165, 1.54) is 0 Å². The Morgan fingerprint density at radius 2 is 2.00 bits per heavy atom. The number of methoxy groups -OCH3 is 1. The SMILES string of the molecule is CO[C@@]1(C)CCC[C@@]2(C)C[C@H]3OC(=O)[C@@H](C[NH2+]CC[NH+]4CCOCC4)[C@@H]3C[C@]21O. The van der Waals surface area contributed by atoms with Crippen molar-refractivity contribution in [3.05, 3.63) is 0 Å². The third-order valence-corrected chi connectivity index (χ3v) is 8.78. The number of morpholine rings is 1. The Bertz CT molecular complexity index is 612. The molecule has 0 spiro atoms. The third-order valence-electron chi connectivity index (χ3n) is 8.78. The van der Waals surface area contributed by atoms with Gasteiger partial charge >= 0.3 is 5.97 Å². The second-order valence-corrected chi connectivity index (χ2v) is 10.3. The van der Waals surface area contributed by atoms with Crippen LogP contribution in [0.25, 0.3) is 0 Å². The second kappa shape index (κ2) is 8.08. The second-order valence-electron chi connectivity index (χ2n) is 10.3. The van der Waals surface area contributed by atoms with Gasteiger partial charge in [0.1, 0.15) is 38.2 Å². The summed E-state index contributed by atoms with van der Waals surface area (Å²) in [4.78, 5) is 14.3. The zero-order valence-corrected chi connectivity index (χ0v) is 18.4. The summed E-state index contributed by atoms with van der Waals surface area (Å²) in [6.07, 6.45) is 4.14. The maximum absolute atomic E-state index is 12.7. The van der Waals surface area contributed by atoms with Crippen molar-refractivity contribution in [3.63, 3.8) is 0 Å². The summed E-state index contributed by atoms with van der Waals surface area (Å²) in [5.74, 6) is -0.114. The van der Waals surface area contributed by atoms with Gasteiger partial charge in [-0.3, -0.25) is 4.79 Å². The van der Waals surface area contributed by atoms with Crippen LogP contribution in [-0.4, -0.2) is 81.4 Å². The number of esters is 1. The number of ether oxygens (including phenoxy) is 3. The van der Waals surface area contributed by atoms with Crippen molar-refractivity contribution in [2.45, 2.75) is 63.3 Å². The van der Waals surface area contributed by atoms with Gasteiger partial charge in [0.2, 0.25) is 0 Å². The monoisotopic (exact) mass is 412 g/mol. The summed E-state index contributed by atoms with van der Waals surface area (Å²) in [6, 6.07) is 0. The van der Waals surface area contributed by atoms with E-state index in [-0.39, 0.29) is 29.3 Å². The summed E-state index contributed by atoms with van der Waals surface area (Å²) in [5.41, 5.74) is -1.75. The molecule has 4 rings (SSSR count). The summed E-state index contributed by atoms with van der Waals surface area (Å²) in [6.45, 7) is 10.9. The molecule has 0 amide bonds. The van der Waals surface area contributed by atoms with Gasteiger partial charge in [0.25, 0.3) is 0 Å². The first-order chi connectivity index (χ1) is 13.8. The zero-order valence-electron chi connectivity index (χ0n) is 18.4. The highest BCUT2D eigenvalue weighted by atomic mass is 16.6. The lowest BCUT2D eigenvalue weighted by Gasteiger charge is -2.61. The highest BCUT2D eigenvalue weighted by molar-refractivity contribution is 5.75. The lowest BCUT2D eigenvalue weighted by atomic mass is 9.49. The highest BCUT2D eigenvalue weighted by Gasteiger charge is 2.67. The van der Waals surface area contributed by atoms with E-state index >= 15 is 0 Å². The van der Waals surface area contributed by atoms with Crippen molar-refractivity contribution >= 4 is 5.97 Å². The molecule has 2 aliphatic carbocycles. The average Bonchev–Trinajstić information content (AvgIpc) is 2.99. The molecule has 2 saturated carbocycles. The first-order valence-electron chi connectivity index (χ1n) is 11.5. The number of carbonyl (C=O) groups is 1. The number of rotatable bonds is 6. The van der Waals surface area contributed by atoms with E-state index in [0.717, 1.165) is 71.6 Å². The molecule has 4 aliphatic rings. The molecule has 0 aromatic carbocycles. The van der Waals surface area contributed by atoms with Crippen LogP contribution < -0.4 is 10.2 Å². The molecule has 2 aliphatic heterocycles. The third kappa shape index (κ3) is 3.63. The molecular formula is C22H40N2O5+2. The van der Waals surface area contributed by atoms with Gasteiger partial charge in [-0.2, -0.15) is 0 Å². The molecule has 0 bridgehead atoms. The van der Waals surface area contributed by atoms with Crippen molar-refractivity contribution in [2.24, 2.45) is 17.3 Å². The molecule has 0 aromatic heterocycles. The first kappa shape index (κ1) is 21.5. The van der Waals surface area contributed by atoms with Gasteiger partial charge in [-0.1, -0.05) is 6.92 Å². The van der Waals surface area contributed by atoms with Gasteiger partial charge < -0.3 is 29.5 Å². The Morgan fingerprint density at radius 3 is 2.72 bits per heavy atom. The predicted molar refractivity (Wildman–Crippen MR) is 106 cm³/mol. The smallest absolute Gasteiger partial charge is 0.315 e. The lowest BCUT2D eigenvalue weighted by Crippen LogP contribution is -3.16. The van der Waals surface area contributed by atoms with Gasteiger partial charge in [0, 0.05) is 18.4 Å². The van der Waals surface area contributed by atoms with Crippen molar-refractivity contribution in [3.8, 4) is 0 Å². The van der Waals surface area contributed by atoms with Gasteiger partial charge in [0.15, 0.2) is 0 Å². The molecule has 6 atom stereocenters. The molecule has 0 unspecified atom stereocenters. The normalized spacial score (nSPS) is 45.5. The van der Waals surface area contributed by atoms with Crippen LogP contribution in [-0.2, 0) is 19.0 Å². The Labute approximate surface area is 174 Å². The molecule has 7 heteroatoms. The Morgan fingerprint density at radius 1 is 1.24 bits per heavy atom. The van der Waals surface area contributed by atoms with Gasteiger partial charge in [-0.15, -0.1) is 0 Å². The van der Waals surface area contributed by atoms with Crippen LogP contribution in [0.5, 0.6) is 0 Å². The number of nitrogens with two attached hydrogens (primary N) is 1. The van der Waals surface area contributed by atoms with Gasteiger partial charge in [-0.05, 0) is 39.0 Å². The van der Waals surface area contributed by atoms with E-state index in [2.05, 4.69) is 19.2 Å². The van der Waals surface area contributed by atoms with E-state index in [1.807, 2.05) is 0 Å². The Kier molecular flexibility index (Phi) is 5.99. The van der Waals surface area contributed by atoms with Crippen molar-refractivity contribution in [1.82, 2.24) is 0 Å². The predicted octanol–water partition coefficient (Wildman–Crippen LogP) is -1.26. The summed E-state index contributed by atoms with van der Waals surface area (Å²) in [5, 5.41) is 14.2. The van der Waals surface area contributed by atoms with Crippen LogP contribution in [0.4, 0.5) is 0 Å². The molecule has 2 heterocycles. The molecule has 4 fully saturated rings. The molecule has 7 nitrogen and oxygen atoms in total. The molecule has 0 radical (unpaired) electrons. The number of carbonyl (C=O) groups excluding carboxylic acids is 1. The molecule has 0 aromatic rings. The van der Waals surface area contributed by atoms with Crippen molar-refractivity contribution in [1.29, 1.82) is 0 Å². The van der Waals surface area contributed by atoms with Gasteiger partial charge in [0.05, 0.1) is 31.0 Å². The maximum Gasteiger partial charge on any atom is 0.315 e. The van der Waals surface area contributed by atoms with E-state index in [9.17, 15) is 9.90 Å². The number of aliphatic hydroxyl groups is 1. The van der Waals surface area contributed by atoms with Crippen LogP contribution in [0, 0.1) is 17.3 Å². The molecule has 166 valence electrons. The fraction of sp³-hybridized carbons (Fsp3) is 0.955. The quantitative estimate of drug-likeness (QED) is 0.375. The Balaban J connectivity index is 1.40. The average molecular weight is 413 g/mol. The minimum atomic E-state index is -0.918. The van der Waals surface area contributed by atoms with E-state index in [0.29, 0.717) is 6.42 Å². The largest absolute Gasteiger partial charge is 0.462 e. The van der Waals surface area contributed by atoms with Crippen LogP contribution in [0.2, 0.25) is 0 Å². The topological polar surface area (TPSA) is 86.0 Å². The standard InChI is InChI=1S/C22H38N2O5/c1-20-5-4-6-21(2,27-3)22(20,26)13-16-17(19(25)29-18(16)14-20)15-23-7-8-24-9-11-28-12-10-24/h16-18,23,26H,4-15H2,1-3H3/p+2/t16-,17-,18+,20-,21-,22-/m0/s1. The first-order valence-corrected chi connectivity index (χ1v) is 11.5. The van der Waals surface area contributed by atoms with E-state index < -0.39 is 11.2 Å². The van der Waals surface area contributed by atoms with Crippen LogP contribution in [0.1, 0.15) is 46.0 Å². The van der Waals surface area contributed by atoms with Gasteiger partial charge in [-0.25, -0.2) is 0 Å². The van der Waals surface area contributed by atoms with E-state index in [4.69, 9.17) is 14.2 Å². The molecule has 2 saturated heterocycles. The maximum atomic E-state index is 12.7. The number of nitrogens with one attached hydrogen (secondary N) is 1. The highest BCUT2D eigenvalue weighted by Crippen LogP contribution is 2.61. The van der Waals surface area contributed by atoms with Crippen molar-refractivity contribution in [2.75, 3.05) is 53.0 Å².